The Labute approximate surface area is 98.7 Å². The summed E-state index contributed by atoms with van der Waals surface area (Å²) in [6.45, 7) is 2.13. The number of rotatable bonds is 1. The molecule has 0 radical (unpaired) electrons. The van der Waals surface area contributed by atoms with Gasteiger partial charge in [0.2, 0.25) is 0 Å². The van der Waals surface area contributed by atoms with Crippen molar-refractivity contribution in [3.63, 3.8) is 0 Å². The van der Waals surface area contributed by atoms with E-state index in [9.17, 15) is 4.79 Å². The highest BCUT2D eigenvalue weighted by Gasteiger charge is 2.22. The Morgan fingerprint density at radius 3 is 2.69 bits per heavy atom. The minimum absolute atomic E-state index is 0.297. The molecule has 0 unspecified atom stereocenters. The molecule has 1 aromatic carbocycles. The maximum absolute atomic E-state index is 11.7. The molecule has 80 valence electrons. The van der Waals surface area contributed by atoms with E-state index >= 15 is 0 Å². The van der Waals surface area contributed by atoms with E-state index in [1.807, 2.05) is 12.1 Å². The van der Waals surface area contributed by atoms with Crippen LogP contribution in [0.15, 0.2) is 29.6 Å². The van der Waals surface area contributed by atoms with Crippen LogP contribution in [0.3, 0.4) is 0 Å². The summed E-state index contributed by atoms with van der Waals surface area (Å²) in [6, 6.07) is 8.22. The van der Waals surface area contributed by atoms with Crippen LogP contribution in [0.2, 0.25) is 0 Å². The van der Waals surface area contributed by atoms with Crippen LogP contribution < -0.4 is 0 Å². The zero-order valence-electron chi connectivity index (χ0n) is 9.12. The van der Waals surface area contributed by atoms with Crippen molar-refractivity contribution in [1.29, 1.82) is 0 Å². The fraction of sp³-hybridized carbons (Fsp3) is 0.214. The Balaban J connectivity index is 2.24. The molecule has 0 N–H and O–H groups in total. The van der Waals surface area contributed by atoms with Crippen LogP contribution in [-0.2, 0) is 6.42 Å². The number of fused-ring (bicyclic) bond motifs is 1. The maximum atomic E-state index is 11.7. The molecule has 1 nitrogen and oxygen atoms in total. The highest BCUT2D eigenvalue weighted by molar-refractivity contribution is 7.13. The van der Waals surface area contributed by atoms with Crippen molar-refractivity contribution in [1.82, 2.24) is 0 Å². The topological polar surface area (TPSA) is 17.1 Å². The van der Waals surface area contributed by atoms with Crippen molar-refractivity contribution in [2.45, 2.75) is 19.8 Å². The Hall–Kier alpha value is -1.41. The molecular formula is C14H12OS. The van der Waals surface area contributed by atoms with E-state index in [2.05, 4.69) is 24.4 Å². The highest BCUT2D eigenvalue weighted by atomic mass is 32.1. The van der Waals surface area contributed by atoms with E-state index < -0.39 is 0 Å². The summed E-state index contributed by atoms with van der Waals surface area (Å²) in [7, 11) is 0. The summed E-state index contributed by atoms with van der Waals surface area (Å²) in [4.78, 5) is 13.0. The Morgan fingerprint density at radius 2 is 1.94 bits per heavy atom. The first-order valence-corrected chi connectivity index (χ1v) is 6.35. The molecule has 0 bridgehead atoms. The van der Waals surface area contributed by atoms with Gasteiger partial charge in [-0.15, -0.1) is 11.3 Å². The van der Waals surface area contributed by atoms with Gasteiger partial charge < -0.3 is 0 Å². The molecule has 2 heteroatoms. The van der Waals surface area contributed by atoms with Crippen LogP contribution in [0.4, 0.5) is 0 Å². The van der Waals surface area contributed by atoms with Gasteiger partial charge in [0, 0.05) is 16.9 Å². The third kappa shape index (κ3) is 1.34. The number of Topliss-reactive ketones (excluding diaryl/α,β-unsaturated/α-hetero) is 1. The lowest BCUT2D eigenvalue weighted by Crippen LogP contribution is -1.91. The van der Waals surface area contributed by atoms with Gasteiger partial charge in [0.05, 0.1) is 0 Å². The average molecular weight is 228 g/mol. The molecule has 1 aliphatic carbocycles. The SMILES string of the molecule is Cc1ccsc1-c1cccc2c1CCC2=O. The molecule has 16 heavy (non-hydrogen) atoms. The molecule has 0 saturated carbocycles. The van der Waals surface area contributed by atoms with Crippen molar-refractivity contribution in [3.8, 4) is 10.4 Å². The van der Waals surface area contributed by atoms with Crippen LogP contribution in [0.1, 0.15) is 27.9 Å². The second-order valence-electron chi connectivity index (χ2n) is 4.19. The van der Waals surface area contributed by atoms with Crippen LogP contribution in [-0.4, -0.2) is 5.78 Å². The average Bonchev–Trinajstić information content (AvgIpc) is 2.86. The predicted octanol–water partition coefficient (Wildman–Crippen LogP) is 3.85. The van der Waals surface area contributed by atoms with E-state index in [0.29, 0.717) is 12.2 Å². The molecule has 2 aromatic rings. The molecule has 0 saturated heterocycles. The molecule has 0 spiro atoms. The Morgan fingerprint density at radius 1 is 1.12 bits per heavy atom. The van der Waals surface area contributed by atoms with Crippen molar-refractivity contribution in [2.24, 2.45) is 0 Å². The zero-order chi connectivity index (χ0) is 11.1. The van der Waals surface area contributed by atoms with Gasteiger partial charge in [-0.25, -0.2) is 0 Å². The van der Waals surface area contributed by atoms with Crippen LogP contribution in [0.25, 0.3) is 10.4 Å². The molecular weight excluding hydrogens is 216 g/mol. The van der Waals surface area contributed by atoms with Crippen molar-refractivity contribution >= 4 is 17.1 Å². The first kappa shape index (κ1) is 9.79. The molecule has 1 aromatic heterocycles. The Kier molecular flexibility index (Phi) is 2.18. The van der Waals surface area contributed by atoms with Gasteiger partial charge >= 0.3 is 0 Å². The molecule has 0 atom stereocenters. The molecule has 1 aliphatic rings. The van der Waals surface area contributed by atoms with E-state index in [1.54, 1.807) is 11.3 Å². The van der Waals surface area contributed by atoms with Gasteiger partial charge in [0.15, 0.2) is 5.78 Å². The number of ketones is 1. The standard InChI is InChI=1S/C14H12OS/c1-9-7-8-16-14(9)12-4-2-3-11-10(12)5-6-13(11)15/h2-4,7-8H,5-6H2,1H3. The lowest BCUT2D eigenvalue weighted by Gasteiger charge is -2.06. The van der Waals surface area contributed by atoms with Crippen LogP contribution >= 0.6 is 11.3 Å². The van der Waals surface area contributed by atoms with Gasteiger partial charge in [-0.05, 0) is 41.5 Å². The summed E-state index contributed by atoms with van der Waals surface area (Å²) in [6.07, 6.45) is 1.58. The summed E-state index contributed by atoms with van der Waals surface area (Å²) in [5, 5.41) is 2.11. The molecule has 0 fully saturated rings. The van der Waals surface area contributed by atoms with E-state index in [0.717, 1.165) is 12.0 Å². The summed E-state index contributed by atoms with van der Waals surface area (Å²) in [5.41, 5.74) is 4.75. The predicted molar refractivity (Wildman–Crippen MR) is 67.1 cm³/mol. The first-order valence-electron chi connectivity index (χ1n) is 5.47. The largest absolute Gasteiger partial charge is 0.294 e. The maximum Gasteiger partial charge on any atom is 0.163 e. The van der Waals surface area contributed by atoms with E-state index in [1.165, 1.54) is 21.6 Å². The van der Waals surface area contributed by atoms with Gasteiger partial charge in [-0.3, -0.25) is 4.79 Å². The number of benzene rings is 1. The lowest BCUT2D eigenvalue weighted by molar-refractivity contribution is 0.0994. The number of aryl methyl sites for hydroxylation is 1. The monoisotopic (exact) mass is 228 g/mol. The molecule has 0 aliphatic heterocycles. The van der Waals surface area contributed by atoms with Gasteiger partial charge in [-0.1, -0.05) is 18.2 Å². The fourth-order valence-corrected chi connectivity index (χ4v) is 3.33. The third-order valence-corrected chi connectivity index (χ3v) is 4.23. The molecule has 1 heterocycles. The lowest BCUT2D eigenvalue weighted by atomic mass is 10.0. The van der Waals surface area contributed by atoms with Gasteiger partial charge in [0.25, 0.3) is 0 Å². The summed E-state index contributed by atoms with van der Waals surface area (Å²) < 4.78 is 0. The number of carbonyl (C=O) groups excluding carboxylic acids is 1. The first-order chi connectivity index (χ1) is 7.77. The number of hydrogen-bond acceptors (Lipinski definition) is 2. The molecule has 0 amide bonds. The van der Waals surface area contributed by atoms with Gasteiger partial charge in [-0.2, -0.15) is 0 Å². The smallest absolute Gasteiger partial charge is 0.163 e. The normalized spacial score (nSPS) is 14.2. The van der Waals surface area contributed by atoms with E-state index in [-0.39, 0.29) is 0 Å². The van der Waals surface area contributed by atoms with Crippen molar-refractivity contribution in [2.75, 3.05) is 0 Å². The number of thiophene rings is 1. The zero-order valence-corrected chi connectivity index (χ0v) is 9.93. The summed E-state index contributed by atoms with van der Waals surface area (Å²) >= 11 is 1.76. The second-order valence-corrected chi connectivity index (χ2v) is 5.10. The van der Waals surface area contributed by atoms with E-state index in [4.69, 9.17) is 0 Å². The van der Waals surface area contributed by atoms with Crippen molar-refractivity contribution in [3.05, 3.63) is 46.3 Å². The van der Waals surface area contributed by atoms with Crippen molar-refractivity contribution < 1.29 is 4.79 Å². The minimum atomic E-state index is 0.297. The fourth-order valence-electron chi connectivity index (χ4n) is 2.35. The number of carbonyl (C=O) groups is 1. The second kappa shape index (κ2) is 3.56. The molecule has 3 rings (SSSR count). The third-order valence-electron chi connectivity index (χ3n) is 3.19. The number of hydrogen-bond donors (Lipinski definition) is 0. The van der Waals surface area contributed by atoms with Gasteiger partial charge in [0.1, 0.15) is 0 Å². The van der Waals surface area contributed by atoms with Crippen LogP contribution in [0.5, 0.6) is 0 Å². The Bertz CT molecular complexity index is 566. The quantitative estimate of drug-likeness (QED) is 0.724. The summed E-state index contributed by atoms with van der Waals surface area (Å²) in [5.74, 6) is 0.297. The highest BCUT2D eigenvalue weighted by Crippen LogP contribution is 2.36. The minimum Gasteiger partial charge on any atom is -0.294 e. The van der Waals surface area contributed by atoms with Crippen LogP contribution in [0, 0.1) is 6.92 Å².